The van der Waals surface area contributed by atoms with E-state index in [0.29, 0.717) is 30.4 Å². The Hall–Kier alpha value is -12.2. The standard InChI is InChI=1S/C86H121N19O19/c1-46(2)35-58(72(109)92-50(9)83(120)103-32-18-27-66(103)81(118)101-65(44-107)77(114)93-57(86(123)124)30-31-69(87)108)94-73(110)60(37-51-21-12-10-13-22-51)97-80(117)68-29-20-34-105(68)85(122)71(49(7)8)102-76(113)59(36-47(3)4)95-78(115)64(43-106)100-75(112)62(40-54-42-89-45-91-54)96-74(111)61(39-53-41-90-56-26-17-16-25-55(53)56)98-79(116)67-28-19-33-104(67)84(121)63(38-52-23-14-11-15-24-52)99-82(119)70(88)48(5)6/h10-17,21-26,41-42,45-50,57-68,70-71,90,106-107H,18-20,27-40,43-44,88H2,1-9H3,(H2,87,108)(H,89,91)(H,92,109)(H,93,114)(H,94,110)(H,95,115)(H,96,111)(H,97,117)(H,98,116)(H,99,119)(H,100,112)(H,101,118)(H,102,113)(H,123,124)/t50-,57-,58-,59-,60-,61-,62-,63-,64-,65-,66-,67-,68-,70-,71-/m0/s1. The number of H-pyrrole nitrogens is 2. The second-order valence-corrected chi connectivity index (χ2v) is 33.5. The number of likely N-dealkylation sites (tertiary alicyclic amines) is 3. The highest BCUT2D eigenvalue weighted by Crippen LogP contribution is 2.26. The Morgan fingerprint density at radius 1 is 0.444 bits per heavy atom. The summed E-state index contributed by atoms with van der Waals surface area (Å²) in [6, 6.07) is 4.58. The van der Waals surface area contributed by atoms with Crippen LogP contribution in [0.1, 0.15) is 149 Å². The number of aliphatic carboxylic acids is 1. The lowest BCUT2D eigenvalue weighted by molar-refractivity contribution is -0.144. The number of para-hydroxylation sites is 1. The largest absolute Gasteiger partial charge is 0.480 e. The molecule has 38 nitrogen and oxygen atoms in total. The predicted octanol–water partition coefficient (Wildman–Crippen LogP) is -1.45. The van der Waals surface area contributed by atoms with Gasteiger partial charge in [-0.1, -0.05) is 134 Å². The van der Waals surface area contributed by atoms with Gasteiger partial charge in [0.1, 0.15) is 84.6 Å². The number of hydrogen-bond acceptors (Lipinski definition) is 20. The van der Waals surface area contributed by atoms with Gasteiger partial charge in [0.2, 0.25) is 88.6 Å². The maximum atomic E-state index is 15.1. The molecular formula is C86H121N19O19. The average molecular weight is 1730 g/mol. The van der Waals surface area contributed by atoms with E-state index in [-0.39, 0.29) is 114 Å². The van der Waals surface area contributed by atoms with Crippen LogP contribution >= 0.6 is 0 Å². The number of primary amides is 1. The Kier molecular flexibility index (Phi) is 36.3. The van der Waals surface area contributed by atoms with E-state index in [1.807, 2.05) is 36.4 Å². The lowest BCUT2D eigenvalue weighted by Crippen LogP contribution is -2.62. The first-order chi connectivity index (χ1) is 59.0. The molecule has 3 fully saturated rings. The molecule has 20 N–H and O–H groups in total. The number of hydrogen-bond donors (Lipinski definition) is 18. The second-order valence-electron chi connectivity index (χ2n) is 33.5. The number of benzene rings is 3. The summed E-state index contributed by atoms with van der Waals surface area (Å²) in [5.41, 5.74) is 14.3. The third-order valence-corrected chi connectivity index (χ3v) is 22.2. The van der Waals surface area contributed by atoms with Gasteiger partial charge in [0.25, 0.3) is 0 Å². The van der Waals surface area contributed by atoms with Gasteiger partial charge in [-0.3, -0.25) is 71.9 Å². The number of nitrogens with one attached hydrogen (secondary N) is 13. The number of nitrogens with zero attached hydrogens (tertiary/aromatic N) is 4. The van der Waals surface area contributed by atoms with Crippen LogP contribution < -0.4 is 70.0 Å². The molecule has 0 aliphatic carbocycles. The molecule has 5 heterocycles. The Balaban J connectivity index is 0.933. The first kappa shape index (κ1) is 97.3. The fourth-order valence-electron chi connectivity index (χ4n) is 15.4. The van der Waals surface area contributed by atoms with Crippen molar-refractivity contribution in [3.63, 3.8) is 0 Å². The number of fused-ring (bicyclic) bond motifs is 1. The van der Waals surface area contributed by atoms with Crippen molar-refractivity contribution in [1.82, 2.24) is 88.1 Å². The van der Waals surface area contributed by atoms with E-state index >= 15 is 9.59 Å². The van der Waals surface area contributed by atoms with Crippen molar-refractivity contribution in [3.8, 4) is 0 Å². The number of rotatable bonds is 45. The number of carboxylic acid groups (broad SMARTS) is 1. The number of aromatic nitrogens is 3. The summed E-state index contributed by atoms with van der Waals surface area (Å²) in [5, 5.41) is 60.5. The molecule has 2 aromatic heterocycles. The van der Waals surface area contributed by atoms with Crippen molar-refractivity contribution in [1.29, 1.82) is 0 Å². The molecule has 15 atom stereocenters. The minimum atomic E-state index is -1.78. The molecule has 3 saturated heterocycles. The summed E-state index contributed by atoms with van der Waals surface area (Å²) >= 11 is 0. The number of imidazole rings is 1. The Bertz CT molecular complexity index is 4550. The van der Waals surface area contributed by atoms with E-state index in [9.17, 15) is 82.4 Å². The third-order valence-electron chi connectivity index (χ3n) is 22.2. The molecule has 15 amide bonds. The molecule has 674 valence electrons. The van der Waals surface area contributed by atoms with Crippen molar-refractivity contribution < 1.29 is 92.0 Å². The van der Waals surface area contributed by atoms with Crippen LogP contribution in [0.3, 0.4) is 0 Å². The van der Waals surface area contributed by atoms with Gasteiger partial charge in [0, 0.05) is 75.0 Å². The van der Waals surface area contributed by atoms with Crippen LogP contribution in [0.2, 0.25) is 0 Å². The minimum absolute atomic E-state index is 0.0324. The van der Waals surface area contributed by atoms with Gasteiger partial charge in [-0.25, -0.2) is 9.78 Å². The summed E-state index contributed by atoms with van der Waals surface area (Å²) in [4.78, 5) is 239. The molecule has 38 heteroatoms. The topological polar surface area (TPSA) is 572 Å². The van der Waals surface area contributed by atoms with Crippen molar-refractivity contribution in [2.24, 2.45) is 35.1 Å². The molecule has 0 saturated carbocycles. The zero-order valence-electron chi connectivity index (χ0n) is 71.5. The number of aromatic amines is 2. The van der Waals surface area contributed by atoms with Crippen molar-refractivity contribution >= 4 is 105 Å². The summed E-state index contributed by atoms with van der Waals surface area (Å²) in [6.07, 6.45) is 4.74. The number of carboxylic acids is 1. The molecule has 5 aromatic rings. The van der Waals surface area contributed by atoms with E-state index in [0.717, 1.165) is 16.5 Å². The number of nitrogens with two attached hydrogens (primary N) is 2. The number of carbonyl (C=O) groups is 16. The molecule has 124 heavy (non-hydrogen) atoms. The highest BCUT2D eigenvalue weighted by atomic mass is 16.4. The van der Waals surface area contributed by atoms with E-state index in [4.69, 9.17) is 11.5 Å². The molecule has 3 aliphatic heterocycles. The average Bonchev–Trinajstić information content (AvgIpc) is 1.60. The highest BCUT2D eigenvalue weighted by Gasteiger charge is 2.45. The highest BCUT2D eigenvalue weighted by molar-refractivity contribution is 6.01. The van der Waals surface area contributed by atoms with Crippen LogP contribution in [-0.4, -0.2) is 263 Å². The van der Waals surface area contributed by atoms with Crippen LogP contribution in [0.25, 0.3) is 10.9 Å². The number of aliphatic hydroxyl groups is 2. The molecule has 0 bridgehead atoms. The van der Waals surface area contributed by atoms with E-state index in [1.165, 1.54) is 34.1 Å². The lowest BCUT2D eigenvalue weighted by Gasteiger charge is -2.33. The smallest absolute Gasteiger partial charge is 0.326 e. The lowest BCUT2D eigenvalue weighted by atomic mass is 9.98. The second kappa shape index (κ2) is 46.3. The summed E-state index contributed by atoms with van der Waals surface area (Å²) in [5.74, 6) is -15.0. The van der Waals surface area contributed by atoms with Gasteiger partial charge in [0.15, 0.2) is 0 Å². The molecular weight excluding hydrogens is 1600 g/mol. The van der Waals surface area contributed by atoms with E-state index in [1.54, 1.807) is 110 Å². The summed E-state index contributed by atoms with van der Waals surface area (Å²) in [7, 11) is 0. The number of aliphatic hydroxyl groups excluding tert-OH is 2. The monoisotopic (exact) mass is 1720 g/mol. The SMILES string of the molecule is CC(C)C[C@H](NC(=O)[C@H](Cc1ccccc1)NC(=O)[C@@H]1CCCN1C(=O)[C@@H](NC(=O)[C@H](CC(C)C)NC(=O)[C@H](CO)NC(=O)[C@H](Cc1c[nH]cn1)NC(=O)[C@H](Cc1c[nH]c2ccccc12)NC(=O)[C@@H]1CCCN1C(=O)[C@H](Cc1ccccc1)NC(=O)[C@@H](N)C(C)C)C(C)C)C(=O)N[C@@H](C)C(=O)N1CCC[C@H]1C(=O)N[C@@H](CO)C(=O)N[C@@H](CCC(N)=O)C(=O)O. The predicted molar refractivity (Wildman–Crippen MR) is 453 cm³/mol. The van der Waals surface area contributed by atoms with E-state index in [2.05, 4.69) is 73.4 Å². The van der Waals surface area contributed by atoms with Gasteiger partial charge in [-0.2, -0.15) is 0 Å². The molecule has 3 aromatic carbocycles. The molecule has 8 rings (SSSR count). The van der Waals surface area contributed by atoms with Crippen molar-refractivity contribution in [3.05, 3.63) is 126 Å². The number of carbonyl (C=O) groups excluding carboxylic acids is 15. The van der Waals surface area contributed by atoms with Gasteiger partial charge < -0.3 is 110 Å². The first-order valence-electron chi connectivity index (χ1n) is 42.3. The molecule has 0 unspecified atom stereocenters. The Labute approximate surface area is 719 Å². The normalized spacial score (nSPS) is 18.1. The van der Waals surface area contributed by atoms with Crippen molar-refractivity contribution in [2.45, 2.75) is 243 Å². The van der Waals surface area contributed by atoms with Gasteiger partial charge in [-0.05, 0) is 111 Å². The third kappa shape index (κ3) is 27.4. The summed E-state index contributed by atoms with van der Waals surface area (Å²) < 4.78 is 0. The Morgan fingerprint density at radius 2 is 0.855 bits per heavy atom. The van der Waals surface area contributed by atoms with Crippen molar-refractivity contribution in [2.75, 3.05) is 32.8 Å². The van der Waals surface area contributed by atoms with Crippen LogP contribution in [0.4, 0.5) is 0 Å². The maximum absolute atomic E-state index is 15.1. The van der Waals surface area contributed by atoms with Gasteiger partial charge >= 0.3 is 5.97 Å². The minimum Gasteiger partial charge on any atom is -0.480 e. The first-order valence-corrected chi connectivity index (χ1v) is 42.3. The van der Waals surface area contributed by atoms with Crippen LogP contribution in [0.5, 0.6) is 0 Å². The summed E-state index contributed by atoms with van der Waals surface area (Å²) in [6.45, 7) is 13.6. The molecule has 0 radical (unpaired) electrons. The van der Waals surface area contributed by atoms with Gasteiger partial charge in [-0.15, -0.1) is 0 Å². The fraction of sp³-hybridized carbons (Fsp3) is 0.547. The van der Waals surface area contributed by atoms with Crippen LogP contribution in [0, 0.1) is 23.7 Å². The van der Waals surface area contributed by atoms with Gasteiger partial charge in [0.05, 0.1) is 31.3 Å². The molecule has 0 spiro atoms. The zero-order valence-corrected chi connectivity index (χ0v) is 71.5. The molecule has 3 aliphatic rings. The fourth-order valence-corrected chi connectivity index (χ4v) is 15.4. The zero-order chi connectivity index (χ0) is 90.8. The van der Waals surface area contributed by atoms with Crippen LogP contribution in [0.15, 0.2) is 104 Å². The maximum Gasteiger partial charge on any atom is 0.326 e. The van der Waals surface area contributed by atoms with E-state index < -0.39 is 204 Å². The quantitative estimate of drug-likeness (QED) is 0.0212. The Morgan fingerprint density at radius 3 is 1.33 bits per heavy atom. The number of amides is 15. The van der Waals surface area contributed by atoms with Crippen LogP contribution in [-0.2, 0) is 102 Å².